The molecular weight excluding hydrogens is 536 g/mol. The van der Waals surface area contributed by atoms with Crippen molar-refractivity contribution in [1.82, 2.24) is 30.5 Å². The predicted molar refractivity (Wildman–Crippen MR) is 159 cm³/mol. The first kappa shape index (κ1) is 31.3. The Morgan fingerprint density at radius 2 is 1.86 bits per heavy atom. The zero-order chi connectivity index (χ0) is 29.9. The first-order valence-electron chi connectivity index (χ1n) is 15.4. The molecule has 0 bridgehead atoms. The monoisotopic (exact) mass is 582 g/mol. The molecule has 230 valence electrons. The Bertz CT molecular complexity index is 1080. The molecular formula is C31H46N6O5. The minimum atomic E-state index is -0.709. The number of nitrogens with one attached hydrogen (secondary N) is 2. The van der Waals surface area contributed by atoms with Crippen molar-refractivity contribution in [3.63, 3.8) is 0 Å². The fourth-order valence-electron chi connectivity index (χ4n) is 6.29. The van der Waals surface area contributed by atoms with E-state index in [1.165, 1.54) is 12.5 Å². The number of benzene rings is 1. The lowest BCUT2D eigenvalue weighted by Crippen LogP contribution is -2.76. The summed E-state index contributed by atoms with van der Waals surface area (Å²) in [6, 6.07) is 8.71. The first-order valence-corrected chi connectivity index (χ1v) is 15.4. The van der Waals surface area contributed by atoms with E-state index < -0.39 is 18.3 Å². The van der Waals surface area contributed by atoms with E-state index in [-0.39, 0.29) is 37.5 Å². The van der Waals surface area contributed by atoms with Crippen LogP contribution < -0.4 is 10.6 Å². The van der Waals surface area contributed by atoms with E-state index in [0.717, 1.165) is 37.7 Å². The van der Waals surface area contributed by atoms with Crippen LogP contribution in [0.15, 0.2) is 43.0 Å². The van der Waals surface area contributed by atoms with Crippen LogP contribution in [0.1, 0.15) is 63.9 Å². The van der Waals surface area contributed by atoms with Crippen LogP contribution in [0.2, 0.25) is 0 Å². The standard InChI is InChI=1S/C31H46N6O5/c1-3-18-35-23-28(38)36-26(16-11-17-32-31(41)42-19-4-2)29(39)34(21-25-14-9-6-10-15-25)22-27(36)37(35)30(40)33-20-24-12-7-5-8-13-24/h4-5,7-8,12-13,25-27H,2-3,6,9-11,14-23H2,1H3,(H,32,41)(H,33,40)/t26-,27-/m0/s1. The van der Waals surface area contributed by atoms with Crippen molar-refractivity contribution >= 4 is 23.9 Å². The summed E-state index contributed by atoms with van der Waals surface area (Å²) in [6.45, 7) is 7.82. The lowest BCUT2D eigenvalue weighted by atomic mass is 9.88. The molecule has 1 aliphatic carbocycles. The van der Waals surface area contributed by atoms with E-state index >= 15 is 0 Å². The second-order valence-electron chi connectivity index (χ2n) is 11.4. The molecule has 2 aliphatic heterocycles. The van der Waals surface area contributed by atoms with Crippen LogP contribution in [0.5, 0.6) is 0 Å². The highest BCUT2D eigenvalue weighted by Gasteiger charge is 2.51. The highest BCUT2D eigenvalue weighted by atomic mass is 16.5. The number of hydrogen-bond acceptors (Lipinski definition) is 6. The Balaban J connectivity index is 1.54. The number of alkyl carbamates (subject to hydrolysis) is 1. The number of urea groups is 1. The van der Waals surface area contributed by atoms with Crippen LogP contribution in [0.3, 0.4) is 0 Å². The van der Waals surface area contributed by atoms with Crippen molar-refractivity contribution < 1.29 is 23.9 Å². The van der Waals surface area contributed by atoms with Gasteiger partial charge in [-0.3, -0.25) is 9.59 Å². The molecule has 5 amide bonds. The molecule has 0 radical (unpaired) electrons. The summed E-state index contributed by atoms with van der Waals surface area (Å²) >= 11 is 0. The topological polar surface area (TPSA) is 115 Å². The summed E-state index contributed by atoms with van der Waals surface area (Å²) in [4.78, 5) is 56.7. The molecule has 2 saturated heterocycles. The van der Waals surface area contributed by atoms with Crippen LogP contribution in [-0.4, -0.2) is 95.3 Å². The summed E-state index contributed by atoms with van der Waals surface area (Å²) in [5.74, 6) is 0.185. The lowest BCUT2D eigenvalue weighted by molar-refractivity contribution is -0.191. The third-order valence-electron chi connectivity index (χ3n) is 8.27. The highest BCUT2D eigenvalue weighted by Crippen LogP contribution is 2.31. The number of amides is 5. The van der Waals surface area contributed by atoms with Crippen LogP contribution in [0.4, 0.5) is 9.59 Å². The Hall–Kier alpha value is -3.60. The summed E-state index contributed by atoms with van der Waals surface area (Å²) < 4.78 is 4.97. The quantitative estimate of drug-likeness (QED) is 0.288. The molecule has 2 atom stereocenters. The van der Waals surface area contributed by atoms with Crippen molar-refractivity contribution in [2.24, 2.45) is 5.92 Å². The Morgan fingerprint density at radius 3 is 2.57 bits per heavy atom. The normalized spacial score (nSPS) is 21.6. The molecule has 1 aromatic carbocycles. The van der Waals surface area contributed by atoms with E-state index in [9.17, 15) is 19.2 Å². The average Bonchev–Trinajstić information content (AvgIpc) is 3.00. The van der Waals surface area contributed by atoms with Crippen molar-refractivity contribution in [3.05, 3.63) is 48.6 Å². The number of carbonyl (C=O) groups excluding carboxylic acids is 4. The molecule has 1 aromatic rings. The summed E-state index contributed by atoms with van der Waals surface area (Å²) in [6.07, 6.45) is 7.68. The third kappa shape index (κ3) is 8.02. The van der Waals surface area contributed by atoms with Crippen molar-refractivity contribution in [1.29, 1.82) is 0 Å². The molecule has 3 aliphatic rings. The second-order valence-corrected chi connectivity index (χ2v) is 11.4. The largest absolute Gasteiger partial charge is 0.445 e. The van der Waals surface area contributed by atoms with Gasteiger partial charge in [0, 0.05) is 26.2 Å². The maximum absolute atomic E-state index is 13.9. The number of nitrogens with zero attached hydrogens (tertiary/aromatic N) is 4. The van der Waals surface area contributed by atoms with Gasteiger partial charge >= 0.3 is 12.1 Å². The lowest BCUT2D eigenvalue weighted by Gasteiger charge is -2.55. The molecule has 42 heavy (non-hydrogen) atoms. The first-order chi connectivity index (χ1) is 20.4. The van der Waals surface area contributed by atoms with E-state index in [1.54, 1.807) is 9.91 Å². The number of carbonyl (C=O) groups is 4. The summed E-state index contributed by atoms with van der Waals surface area (Å²) in [5, 5.41) is 9.24. The molecule has 2 N–H and O–H groups in total. The Labute approximate surface area is 249 Å². The van der Waals surface area contributed by atoms with Crippen molar-refractivity contribution in [2.75, 3.05) is 39.3 Å². The van der Waals surface area contributed by atoms with Crippen molar-refractivity contribution in [2.45, 2.75) is 77.0 Å². The van der Waals surface area contributed by atoms with Gasteiger partial charge in [-0.2, -0.15) is 0 Å². The molecule has 1 saturated carbocycles. The van der Waals surface area contributed by atoms with Gasteiger partial charge in [-0.05, 0) is 43.6 Å². The number of rotatable bonds is 12. The van der Waals surface area contributed by atoms with Gasteiger partial charge in [-0.1, -0.05) is 69.2 Å². The molecule has 0 unspecified atom stereocenters. The molecule has 4 rings (SSSR count). The maximum Gasteiger partial charge on any atom is 0.407 e. The van der Waals surface area contributed by atoms with Gasteiger partial charge in [0.05, 0.1) is 13.1 Å². The third-order valence-corrected chi connectivity index (χ3v) is 8.27. The highest BCUT2D eigenvalue weighted by molar-refractivity contribution is 5.91. The fraction of sp³-hybridized carbons (Fsp3) is 0.613. The van der Waals surface area contributed by atoms with Gasteiger partial charge in [0.2, 0.25) is 11.8 Å². The SMILES string of the molecule is C=CCOC(=O)NCCC[C@H]1C(=O)N(CC2CCCCC2)C[C@H]2N1C(=O)CN(CCC)N2C(=O)NCc1ccccc1. The van der Waals surface area contributed by atoms with Crippen molar-refractivity contribution in [3.8, 4) is 0 Å². The van der Waals surface area contributed by atoms with Gasteiger partial charge in [0.1, 0.15) is 18.8 Å². The zero-order valence-corrected chi connectivity index (χ0v) is 24.8. The average molecular weight is 583 g/mol. The van der Waals surface area contributed by atoms with Gasteiger partial charge in [0.15, 0.2) is 0 Å². The van der Waals surface area contributed by atoms with Crippen LogP contribution >= 0.6 is 0 Å². The van der Waals surface area contributed by atoms with E-state index in [2.05, 4.69) is 17.2 Å². The minimum Gasteiger partial charge on any atom is -0.445 e. The number of hydrazine groups is 1. The molecule has 3 fully saturated rings. The molecule has 2 heterocycles. The summed E-state index contributed by atoms with van der Waals surface area (Å²) in [7, 11) is 0. The second kappa shape index (κ2) is 15.6. The maximum atomic E-state index is 13.9. The molecule has 11 heteroatoms. The number of ether oxygens (including phenoxy) is 1. The van der Waals surface area contributed by atoms with E-state index in [4.69, 9.17) is 4.74 Å². The Morgan fingerprint density at radius 1 is 1.10 bits per heavy atom. The van der Waals surface area contributed by atoms with Crippen LogP contribution in [0.25, 0.3) is 0 Å². The van der Waals surface area contributed by atoms with E-state index in [1.807, 2.05) is 47.2 Å². The predicted octanol–water partition coefficient (Wildman–Crippen LogP) is 3.48. The number of hydrogen-bond donors (Lipinski definition) is 2. The van der Waals surface area contributed by atoms with Crippen LogP contribution in [0, 0.1) is 5.92 Å². The van der Waals surface area contributed by atoms with Gasteiger partial charge in [-0.15, -0.1) is 0 Å². The number of piperazine rings is 1. The molecule has 11 nitrogen and oxygen atoms in total. The van der Waals surface area contributed by atoms with Gasteiger partial charge in [-0.25, -0.2) is 19.6 Å². The van der Waals surface area contributed by atoms with E-state index in [0.29, 0.717) is 44.9 Å². The fourth-order valence-corrected chi connectivity index (χ4v) is 6.29. The van der Waals surface area contributed by atoms with Gasteiger partial charge < -0.3 is 25.2 Å². The molecule has 0 aromatic heterocycles. The minimum absolute atomic E-state index is 0.0294. The van der Waals surface area contributed by atoms with Gasteiger partial charge in [0.25, 0.3) is 0 Å². The number of fused-ring (bicyclic) bond motifs is 1. The smallest absolute Gasteiger partial charge is 0.407 e. The zero-order valence-electron chi connectivity index (χ0n) is 24.8. The Kier molecular flexibility index (Phi) is 11.6. The summed E-state index contributed by atoms with van der Waals surface area (Å²) in [5.41, 5.74) is 0.979. The molecule has 0 spiro atoms. The van der Waals surface area contributed by atoms with Crippen LogP contribution in [-0.2, 0) is 20.9 Å².